The summed E-state index contributed by atoms with van der Waals surface area (Å²) in [5.41, 5.74) is 1.12. The molecule has 4 heteroatoms. The van der Waals surface area contributed by atoms with E-state index < -0.39 is 0 Å². The van der Waals surface area contributed by atoms with E-state index in [1.54, 1.807) is 11.8 Å². The molecule has 0 amide bonds. The average molecular weight is 358 g/mol. The van der Waals surface area contributed by atoms with Gasteiger partial charge >= 0.3 is 0 Å². The largest absolute Gasteiger partial charge is 0.392 e. The number of hydrogen-bond donors (Lipinski definition) is 1. The Morgan fingerprint density at radius 1 is 1.11 bits per heavy atom. The maximum Gasteiger partial charge on any atom is 0.0674 e. The van der Waals surface area contributed by atoms with Crippen molar-refractivity contribution in [1.29, 1.82) is 0 Å². The van der Waals surface area contributed by atoms with Crippen molar-refractivity contribution in [3.05, 3.63) is 63.6 Å². The molecule has 0 aliphatic rings. The van der Waals surface area contributed by atoms with Gasteiger partial charge in [0.2, 0.25) is 0 Å². The van der Waals surface area contributed by atoms with Crippen molar-refractivity contribution in [2.75, 3.05) is 5.75 Å². The lowest BCUT2D eigenvalue weighted by Crippen LogP contribution is -2.13. The molecule has 1 atom stereocenters. The van der Waals surface area contributed by atoms with Crippen LogP contribution in [0.25, 0.3) is 0 Å². The second-order valence-corrected chi connectivity index (χ2v) is 6.51. The third-order valence-electron chi connectivity index (χ3n) is 2.68. The second kappa shape index (κ2) is 7.34. The molecule has 0 aliphatic carbocycles. The monoisotopic (exact) mass is 356 g/mol. The summed E-state index contributed by atoms with van der Waals surface area (Å²) in [5, 5.41) is 10.8. The highest BCUT2D eigenvalue weighted by Crippen LogP contribution is 2.28. The molecule has 1 nitrogen and oxygen atoms in total. The Morgan fingerprint density at radius 2 is 1.79 bits per heavy atom. The molecule has 0 aliphatic heterocycles. The average Bonchev–Trinajstić information content (AvgIpc) is 2.40. The Balaban J connectivity index is 1.90. The van der Waals surface area contributed by atoms with Gasteiger partial charge in [-0.25, -0.2) is 0 Å². The summed E-state index contributed by atoms with van der Waals surface area (Å²) in [6.45, 7) is 0. The molecule has 1 N–H and O–H groups in total. The normalized spacial score (nSPS) is 12.4. The van der Waals surface area contributed by atoms with E-state index in [9.17, 15) is 5.11 Å². The van der Waals surface area contributed by atoms with Crippen molar-refractivity contribution in [3.63, 3.8) is 0 Å². The van der Waals surface area contributed by atoms with E-state index in [2.05, 4.69) is 15.9 Å². The van der Waals surface area contributed by atoms with Gasteiger partial charge in [-0.2, -0.15) is 0 Å². The topological polar surface area (TPSA) is 20.2 Å². The molecule has 0 radical (unpaired) electrons. The van der Waals surface area contributed by atoms with Crippen molar-refractivity contribution >= 4 is 39.3 Å². The Hall–Kier alpha value is -0.480. The Labute approximate surface area is 131 Å². The van der Waals surface area contributed by atoms with Crippen LogP contribution in [0.2, 0.25) is 5.02 Å². The van der Waals surface area contributed by atoms with E-state index in [1.165, 1.54) is 0 Å². The zero-order chi connectivity index (χ0) is 13.7. The van der Waals surface area contributed by atoms with Crippen LogP contribution in [0.4, 0.5) is 0 Å². The Kier molecular flexibility index (Phi) is 5.76. The fraction of sp³-hybridized carbons (Fsp3) is 0.200. The first-order valence-corrected chi connectivity index (χ1v) is 8.11. The lowest BCUT2D eigenvalue weighted by Gasteiger charge is -2.12. The quantitative estimate of drug-likeness (QED) is 0.776. The number of aliphatic hydroxyl groups excluding tert-OH is 1. The third-order valence-corrected chi connectivity index (χ3v) is 5.11. The van der Waals surface area contributed by atoms with Crippen LogP contribution in [0.15, 0.2) is 57.9 Å². The molecule has 0 heterocycles. The minimum Gasteiger partial charge on any atom is -0.392 e. The lowest BCUT2D eigenvalue weighted by atomic mass is 10.1. The maximum atomic E-state index is 10.1. The van der Waals surface area contributed by atoms with Gasteiger partial charge in [0, 0.05) is 21.5 Å². The number of thioether (sulfide) groups is 1. The highest BCUT2D eigenvalue weighted by atomic mass is 79.9. The lowest BCUT2D eigenvalue weighted by molar-refractivity contribution is 0.200. The van der Waals surface area contributed by atoms with Crippen LogP contribution in [-0.2, 0) is 6.42 Å². The zero-order valence-corrected chi connectivity index (χ0v) is 13.4. The Bertz CT molecular complexity index is 547. The van der Waals surface area contributed by atoms with Crippen molar-refractivity contribution < 1.29 is 5.11 Å². The van der Waals surface area contributed by atoms with Gasteiger partial charge in [-0.3, -0.25) is 0 Å². The smallest absolute Gasteiger partial charge is 0.0674 e. The van der Waals surface area contributed by atoms with Gasteiger partial charge in [0.15, 0.2) is 0 Å². The molecule has 2 rings (SSSR count). The molecule has 2 aromatic rings. The number of halogens is 2. The van der Waals surface area contributed by atoms with E-state index >= 15 is 0 Å². The van der Waals surface area contributed by atoms with Gasteiger partial charge in [0.1, 0.15) is 0 Å². The first kappa shape index (κ1) is 14.9. The molecule has 0 saturated heterocycles. The molecule has 1 unspecified atom stereocenters. The van der Waals surface area contributed by atoms with Crippen LogP contribution in [0.1, 0.15) is 5.56 Å². The van der Waals surface area contributed by atoms with Gasteiger partial charge in [-0.05, 0) is 23.8 Å². The highest BCUT2D eigenvalue weighted by molar-refractivity contribution is 9.10. The molecule has 0 spiro atoms. The summed E-state index contributed by atoms with van der Waals surface area (Å²) in [7, 11) is 0. The molecule has 100 valence electrons. The van der Waals surface area contributed by atoms with Crippen molar-refractivity contribution in [3.8, 4) is 0 Å². The van der Waals surface area contributed by atoms with E-state index in [0.29, 0.717) is 12.2 Å². The standard InChI is InChI=1S/C15H14BrClOS/c16-13-6-2-1-5-11(13)9-12(18)10-19-15-8-4-3-7-14(15)17/h1-8,12,18H,9-10H2. The van der Waals surface area contributed by atoms with Crippen LogP contribution in [0.5, 0.6) is 0 Å². The molecule has 0 saturated carbocycles. The molecule has 0 fully saturated rings. The molecule has 19 heavy (non-hydrogen) atoms. The second-order valence-electron chi connectivity index (χ2n) is 4.19. The van der Waals surface area contributed by atoms with E-state index in [1.807, 2.05) is 48.5 Å². The minimum atomic E-state index is -0.389. The van der Waals surface area contributed by atoms with Crippen LogP contribution >= 0.6 is 39.3 Å². The summed E-state index contributed by atoms with van der Waals surface area (Å²) in [6, 6.07) is 15.7. The number of rotatable bonds is 5. The van der Waals surface area contributed by atoms with Gasteiger partial charge in [-0.1, -0.05) is 57.9 Å². The van der Waals surface area contributed by atoms with Crippen LogP contribution in [-0.4, -0.2) is 17.0 Å². The SMILES string of the molecule is OC(CSc1ccccc1Cl)Cc1ccccc1Br. The number of aliphatic hydroxyl groups is 1. The number of benzene rings is 2. The highest BCUT2D eigenvalue weighted by Gasteiger charge is 2.09. The van der Waals surface area contributed by atoms with Crippen molar-refractivity contribution in [1.82, 2.24) is 0 Å². The van der Waals surface area contributed by atoms with Gasteiger partial charge < -0.3 is 5.11 Å². The minimum absolute atomic E-state index is 0.389. The van der Waals surface area contributed by atoms with Crippen LogP contribution < -0.4 is 0 Å². The third kappa shape index (κ3) is 4.53. The molecular weight excluding hydrogens is 344 g/mol. The predicted octanol–water partition coefficient (Wildman–Crippen LogP) is 4.80. The maximum absolute atomic E-state index is 10.1. The van der Waals surface area contributed by atoms with Crippen LogP contribution in [0.3, 0.4) is 0 Å². The molecule has 0 aromatic heterocycles. The zero-order valence-electron chi connectivity index (χ0n) is 10.2. The first-order chi connectivity index (χ1) is 9.16. The van der Waals surface area contributed by atoms with Gasteiger partial charge in [0.05, 0.1) is 11.1 Å². The summed E-state index contributed by atoms with van der Waals surface area (Å²) >= 11 is 11.2. The fourth-order valence-electron chi connectivity index (χ4n) is 1.72. The predicted molar refractivity (Wildman–Crippen MR) is 86.0 cm³/mol. The van der Waals surface area contributed by atoms with E-state index in [4.69, 9.17) is 11.6 Å². The van der Waals surface area contributed by atoms with Crippen molar-refractivity contribution in [2.45, 2.75) is 17.4 Å². The Morgan fingerprint density at radius 3 is 2.53 bits per heavy atom. The summed E-state index contributed by atoms with van der Waals surface area (Å²) in [4.78, 5) is 1.01. The summed E-state index contributed by atoms with van der Waals surface area (Å²) in [6.07, 6.45) is 0.249. The first-order valence-electron chi connectivity index (χ1n) is 5.95. The number of hydrogen-bond acceptors (Lipinski definition) is 2. The van der Waals surface area contributed by atoms with Crippen LogP contribution in [0, 0.1) is 0 Å². The molecular formula is C15H14BrClOS. The van der Waals surface area contributed by atoms with Gasteiger partial charge in [0.25, 0.3) is 0 Å². The summed E-state index contributed by atoms with van der Waals surface area (Å²) in [5.74, 6) is 0.630. The molecule has 2 aromatic carbocycles. The summed E-state index contributed by atoms with van der Waals surface area (Å²) < 4.78 is 1.04. The van der Waals surface area contributed by atoms with E-state index in [0.717, 1.165) is 20.0 Å². The molecule has 0 bridgehead atoms. The van der Waals surface area contributed by atoms with Gasteiger partial charge in [-0.15, -0.1) is 11.8 Å². The van der Waals surface area contributed by atoms with Crippen molar-refractivity contribution in [2.24, 2.45) is 0 Å². The van der Waals surface area contributed by atoms with E-state index in [-0.39, 0.29) is 6.10 Å². The fourth-order valence-corrected chi connectivity index (χ4v) is 3.34.